The molecule has 6 nitrogen and oxygen atoms in total. The first kappa shape index (κ1) is 18.0. The van der Waals surface area contributed by atoms with Crippen molar-refractivity contribution in [3.05, 3.63) is 53.2 Å². The predicted molar refractivity (Wildman–Crippen MR) is 107 cm³/mol. The largest absolute Gasteiger partial charge is 0.494 e. The zero-order valence-electron chi connectivity index (χ0n) is 16.1. The highest BCUT2D eigenvalue weighted by molar-refractivity contribution is 6.02. The summed E-state index contributed by atoms with van der Waals surface area (Å²) < 4.78 is 19.2. The normalized spacial score (nSPS) is 12.5. The highest BCUT2D eigenvalue weighted by atomic mass is 19.1. The molecule has 0 fully saturated rings. The lowest BCUT2D eigenvalue weighted by molar-refractivity contribution is 0.396. The highest BCUT2D eigenvalue weighted by Crippen LogP contribution is 2.33. The Labute approximate surface area is 161 Å². The SMILES string of the molecule is Cc1oc(C(C)(C)C)cc1-c1cc(N=Cc2c(O)[nH]c3cc(F)ccc23)n[nH]1. The first-order valence-corrected chi connectivity index (χ1v) is 8.93. The summed E-state index contributed by atoms with van der Waals surface area (Å²) in [6.07, 6.45) is 1.51. The highest BCUT2D eigenvalue weighted by Gasteiger charge is 2.21. The average molecular weight is 380 g/mol. The lowest BCUT2D eigenvalue weighted by atomic mass is 9.93. The van der Waals surface area contributed by atoms with Gasteiger partial charge in [0, 0.05) is 28.6 Å². The Kier molecular flexibility index (Phi) is 4.10. The molecule has 0 spiro atoms. The average Bonchev–Trinajstić information content (AvgIpc) is 3.29. The maximum Gasteiger partial charge on any atom is 0.198 e. The third-order valence-corrected chi connectivity index (χ3v) is 4.62. The van der Waals surface area contributed by atoms with E-state index in [-0.39, 0.29) is 17.1 Å². The Balaban J connectivity index is 1.64. The molecular formula is C21H21FN4O2. The van der Waals surface area contributed by atoms with Gasteiger partial charge in [0.1, 0.15) is 17.3 Å². The van der Waals surface area contributed by atoms with E-state index < -0.39 is 0 Å². The molecule has 144 valence electrons. The Bertz CT molecular complexity index is 1190. The van der Waals surface area contributed by atoms with Crippen molar-refractivity contribution in [2.45, 2.75) is 33.1 Å². The van der Waals surface area contributed by atoms with Gasteiger partial charge in [0.15, 0.2) is 11.7 Å². The molecule has 0 amide bonds. The molecule has 4 aromatic rings. The van der Waals surface area contributed by atoms with Crippen molar-refractivity contribution in [2.24, 2.45) is 4.99 Å². The first-order chi connectivity index (χ1) is 13.2. The van der Waals surface area contributed by atoms with Crippen molar-refractivity contribution >= 4 is 22.9 Å². The van der Waals surface area contributed by atoms with Crippen molar-refractivity contribution in [1.29, 1.82) is 0 Å². The second kappa shape index (κ2) is 6.37. The molecule has 0 aliphatic rings. The van der Waals surface area contributed by atoms with Gasteiger partial charge < -0.3 is 14.5 Å². The van der Waals surface area contributed by atoms with E-state index in [1.54, 1.807) is 6.07 Å². The fraction of sp³-hybridized carbons (Fsp3) is 0.238. The van der Waals surface area contributed by atoms with E-state index in [9.17, 15) is 9.50 Å². The standard InChI is InChI=1S/C21H21FN4O2/c1-11-14(8-18(28-11)21(2,3)4)17-9-19(26-25-17)23-10-15-13-6-5-12(22)7-16(13)24-20(15)27/h5-10,24,27H,1-4H3,(H,25,26). The van der Waals surface area contributed by atoms with Gasteiger partial charge in [0.05, 0.1) is 16.8 Å². The zero-order chi connectivity index (χ0) is 20.1. The molecule has 0 bridgehead atoms. The smallest absolute Gasteiger partial charge is 0.198 e. The minimum absolute atomic E-state index is 0.0689. The molecule has 0 aliphatic carbocycles. The Morgan fingerprint density at radius 1 is 1.21 bits per heavy atom. The molecule has 0 aliphatic heterocycles. The molecule has 3 N–H and O–H groups in total. The second-order valence-corrected chi connectivity index (χ2v) is 7.81. The number of fused-ring (bicyclic) bond motifs is 1. The molecule has 0 saturated heterocycles. The monoisotopic (exact) mass is 380 g/mol. The molecular weight excluding hydrogens is 359 g/mol. The van der Waals surface area contributed by atoms with E-state index in [0.717, 1.165) is 22.8 Å². The van der Waals surface area contributed by atoms with Crippen LogP contribution in [-0.4, -0.2) is 26.5 Å². The number of aromatic hydroxyl groups is 1. The second-order valence-electron chi connectivity index (χ2n) is 7.81. The Hall–Kier alpha value is -3.35. The van der Waals surface area contributed by atoms with Crippen LogP contribution in [0.5, 0.6) is 5.88 Å². The summed E-state index contributed by atoms with van der Waals surface area (Å²) >= 11 is 0. The van der Waals surface area contributed by atoms with Gasteiger partial charge >= 0.3 is 0 Å². The summed E-state index contributed by atoms with van der Waals surface area (Å²) in [7, 11) is 0. The minimum atomic E-state index is -0.376. The summed E-state index contributed by atoms with van der Waals surface area (Å²) in [5, 5.41) is 18.0. The van der Waals surface area contributed by atoms with Gasteiger partial charge in [-0.2, -0.15) is 5.10 Å². The number of aliphatic imine (C=N–C) groups is 1. The van der Waals surface area contributed by atoms with Crippen LogP contribution >= 0.6 is 0 Å². The molecule has 28 heavy (non-hydrogen) atoms. The van der Waals surface area contributed by atoms with Gasteiger partial charge in [0.25, 0.3) is 0 Å². The van der Waals surface area contributed by atoms with Gasteiger partial charge in [-0.1, -0.05) is 20.8 Å². The van der Waals surface area contributed by atoms with Gasteiger partial charge in [-0.15, -0.1) is 0 Å². The number of benzene rings is 1. The van der Waals surface area contributed by atoms with Gasteiger partial charge in [0.2, 0.25) is 0 Å². The van der Waals surface area contributed by atoms with Crippen molar-refractivity contribution in [2.75, 3.05) is 0 Å². The van der Waals surface area contributed by atoms with Crippen LogP contribution in [0.4, 0.5) is 10.2 Å². The van der Waals surface area contributed by atoms with Crippen LogP contribution in [0, 0.1) is 12.7 Å². The molecule has 3 heterocycles. The van der Waals surface area contributed by atoms with E-state index in [4.69, 9.17) is 4.42 Å². The Morgan fingerprint density at radius 2 is 2.00 bits per heavy atom. The number of nitrogens with zero attached hydrogens (tertiary/aromatic N) is 2. The minimum Gasteiger partial charge on any atom is -0.494 e. The van der Waals surface area contributed by atoms with Crippen LogP contribution in [0.3, 0.4) is 0 Å². The van der Waals surface area contributed by atoms with Crippen molar-refractivity contribution in [1.82, 2.24) is 15.2 Å². The van der Waals surface area contributed by atoms with Crippen molar-refractivity contribution in [3.63, 3.8) is 0 Å². The van der Waals surface area contributed by atoms with E-state index in [0.29, 0.717) is 22.3 Å². The molecule has 7 heteroatoms. The zero-order valence-corrected chi connectivity index (χ0v) is 16.1. The lowest BCUT2D eigenvalue weighted by Gasteiger charge is -2.13. The number of hydrogen-bond acceptors (Lipinski definition) is 4. The van der Waals surface area contributed by atoms with Gasteiger partial charge in [-0.3, -0.25) is 5.10 Å². The number of aromatic nitrogens is 3. The topological polar surface area (TPSA) is 90.2 Å². The van der Waals surface area contributed by atoms with Crippen LogP contribution in [0.15, 0.2) is 39.7 Å². The van der Waals surface area contributed by atoms with Crippen LogP contribution in [0.2, 0.25) is 0 Å². The third kappa shape index (κ3) is 3.19. The fourth-order valence-electron chi connectivity index (χ4n) is 3.07. The van der Waals surface area contributed by atoms with E-state index >= 15 is 0 Å². The molecule has 0 unspecified atom stereocenters. The van der Waals surface area contributed by atoms with E-state index in [2.05, 4.69) is 40.9 Å². The maximum atomic E-state index is 13.3. The van der Waals surface area contributed by atoms with Crippen molar-refractivity contribution in [3.8, 4) is 17.1 Å². The number of aryl methyl sites for hydroxylation is 1. The van der Waals surface area contributed by atoms with Crippen molar-refractivity contribution < 1.29 is 13.9 Å². The predicted octanol–water partition coefficient (Wildman–Crippen LogP) is 5.35. The fourth-order valence-corrected chi connectivity index (χ4v) is 3.07. The van der Waals surface area contributed by atoms with E-state index in [1.807, 2.05) is 19.1 Å². The summed E-state index contributed by atoms with van der Waals surface area (Å²) in [4.78, 5) is 7.08. The van der Waals surface area contributed by atoms with E-state index in [1.165, 1.54) is 18.3 Å². The number of hydrogen-bond donors (Lipinski definition) is 3. The number of halogens is 1. The van der Waals surface area contributed by atoms with Crippen LogP contribution in [0.1, 0.15) is 37.9 Å². The summed E-state index contributed by atoms with van der Waals surface area (Å²) in [6.45, 7) is 8.20. The number of nitrogens with one attached hydrogen (secondary N) is 2. The quantitative estimate of drug-likeness (QED) is 0.418. The molecule has 0 radical (unpaired) electrons. The maximum absolute atomic E-state index is 13.3. The Morgan fingerprint density at radius 3 is 2.71 bits per heavy atom. The van der Waals surface area contributed by atoms with Crippen LogP contribution in [-0.2, 0) is 5.41 Å². The first-order valence-electron chi connectivity index (χ1n) is 8.93. The third-order valence-electron chi connectivity index (χ3n) is 4.62. The molecule has 3 aromatic heterocycles. The number of H-pyrrole nitrogens is 2. The number of rotatable bonds is 3. The number of aromatic amines is 2. The lowest BCUT2D eigenvalue weighted by Crippen LogP contribution is -2.09. The van der Waals surface area contributed by atoms with Crippen LogP contribution in [0.25, 0.3) is 22.2 Å². The molecule has 4 rings (SSSR count). The van der Waals surface area contributed by atoms with Gasteiger partial charge in [-0.25, -0.2) is 9.38 Å². The molecule has 0 atom stereocenters. The van der Waals surface area contributed by atoms with Gasteiger partial charge in [-0.05, 0) is 31.2 Å². The summed E-state index contributed by atoms with van der Waals surface area (Å²) in [5.74, 6) is 1.72. The molecule has 1 aromatic carbocycles. The summed E-state index contributed by atoms with van der Waals surface area (Å²) in [5.41, 5.74) is 2.63. The van der Waals surface area contributed by atoms with Crippen LogP contribution < -0.4 is 0 Å². The molecule has 0 saturated carbocycles. The number of furan rings is 1. The summed E-state index contributed by atoms with van der Waals surface area (Å²) in [6, 6.07) is 8.09.